The second-order valence-corrected chi connectivity index (χ2v) is 4.47. The van der Waals surface area contributed by atoms with Crippen molar-refractivity contribution >= 4 is 5.69 Å². The van der Waals surface area contributed by atoms with Crippen LogP contribution in [-0.4, -0.2) is 0 Å². The highest BCUT2D eigenvalue weighted by Gasteiger charge is 2.22. The van der Waals surface area contributed by atoms with Gasteiger partial charge in [0, 0.05) is 11.6 Å². The molecule has 0 radical (unpaired) electrons. The maximum atomic E-state index is 5.81. The fraction of sp³-hybridized carbons (Fsp3) is 0.286. The summed E-state index contributed by atoms with van der Waals surface area (Å²) < 4.78 is 0. The van der Waals surface area contributed by atoms with E-state index in [4.69, 9.17) is 5.73 Å². The molecule has 2 aliphatic carbocycles. The molecule has 0 heterocycles. The number of hydrogen-bond donors (Lipinski definition) is 1. The topological polar surface area (TPSA) is 26.0 Å². The highest BCUT2D eigenvalue weighted by atomic mass is 14.5. The minimum atomic E-state index is 0.549. The molecule has 0 bridgehead atoms. The Balaban J connectivity index is 1.88. The number of allylic oxidation sites excluding steroid dienone is 4. The maximum Gasteiger partial charge on any atom is 0.0316 e. The quantitative estimate of drug-likeness (QED) is 0.686. The molecule has 0 fully saturated rings. The van der Waals surface area contributed by atoms with E-state index in [1.54, 1.807) is 11.1 Å². The average molecular weight is 197 g/mol. The zero-order chi connectivity index (χ0) is 10.3. The standard InChI is InChI=1S/C14H15N/c15-14-3-1-2-11(9-14)13-7-5-10-4-6-12(10)8-13/h1-3,5,7,9,13H,4,6,8,15H2. The summed E-state index contributed by atoms with van der Waals surface area (Å²) in [4.78, 5) is 0. The fourth-order valence-electron chi connectivity index (χ4n) is 2.46. The summed E-state index contributed by atoms with van der Waals surface area (Å²) in [5, 5.41) is 0. The van der Waals surface area contributed by atoms with Gasteiger partial charge < -0.3 is 5.73 Å². The smallest absolute Gasteiger partial charge is 0.0316 e. The van der Waals surface area contributed by atoms with Gasteiger partial charge in [0.15, 0.2) is 0 Å². The maximum absolute atomic E-state index is 5.81. The van der Waals surface area contributed by atoms with E-state index in [1.165, 1.54) is 24.8 Å². The van der Waals surface area contributed by atoms with E-state index < -0.39 is 0 Å². The summed E-state index contributed by atoms with van der Waals surface area (Å²) in [6, 6.07) is 8.27. The lowest BCUT2D eigenvalue weighted by Crippen LogP contribution is -2.11. The molecular weight excluding hydrogens is 182 g/mol. The SMILES string of the molecule is Nc1cccc(C2C=CC3=C(CC3)C2)c1. The third kappa shape index (κ3) is 1.48. The van der Waals surface area contributed by atoms with Gasteiger partial charge in [0.2, 0.25) is 0 Å². The molecule has 0 saturated carbocycles. The molecule has 1 atom stereocenters. The minimum absolute atomic E-state index is 0.549. The van der Waals surface area contributed by atoms with Crippen molar-refractivity contribution in [1.82, 2.24) is 0 Å². The molecule has 1 unspecified atom stereocenters. The molecule has 1 aromatic rings. The Labute approximate surface area is 90.3 Å². The lowest BCUT2D eigenvalue weighted by atomic mass is 9.76. The van der Waals surface area contributed by atoms with Crippen molar-refractivity contribution in [2.45, 2.75) is 25.2 Å². The Kier molecular flexibility index (Phi) is 1.91. The summed E-state index contributed by atoms with van der Waals surface area (Å²) in [5.41, 5.74) is 11.3. The largest absolute Gasteiger partial charge is 0.399 e. The third-order valence-corrected chi connectivity index (χ3v) is 3.49. The van der Waals surface area contributed by atoms with E-state index in [1.807, 2.05) is 12.1 Å². The summed E-state index contributed by atoms with van der Waals surface area (Å²) in [7, 11) is 0. The molecule has 0 aliphatic heterocycles. The van der Waals surface area contributed by atoms with Gasteiger partial charge in [-0.1, -0.05) is 29.9 Å². The molecule has 0 saturated heterocycles. The van der Waals surface area contributed by atoms with Crippen LogP contribution in [0.5, 0.6) is 0 Å². The summed E-state index contributed by atoms with van der Waals surface area (Å²) >= 11 is 0. The van der Waals surface area contributed by atoms with Crippen LogP contribution >= 0.6 is 0 Å². The Morgan fingerprint density at radius 1 is 1.20 bits per heavy atom. The number of benzene rings is 1. The molecule has 1 nitrogen and oxygen atoms in total. The molecule has 2 aliphatic rings. The number of anilines is 1. The first-order valence-corrected chi connectivity index (χ1v) is 5.57. The van der Waals surface area contributed by atoms with E-state index >= 15 is 0 Å². The Morgan fingerprint density at radius 2 is 2.13 bits per heavy atom. The first-order chi connectivity index (χ1) is 7.33. The van der Waals surface area contributed by atoms with E-state index in [0.29, 0.717) is 5.92 Å². The van der Waals surface area contributed by atoms with Crippen LogP contribution in [-0.2, 0) is 0 Å². The van der Waals surface area contributed by atoms with Crippen molar-refractivity contribution in [2.24, 2.45) is 0 Å². The minimum Gasteiger partial charge on any atom is -0.399 e. The zero-order valence-corrected chi connectivity index (χ0v) is 8.74. The van der Waals surface area contributed by atoms with Gasteiger partial charge in [-0.05, 0) is 42.5 Å². The van der Waals surface area contributed by atoms with Crippen LogP contribution in [0.15, 0.2) is 47.6 Å². The van der Waals surface area contributed by atoms with Gasteiger partial charge in [0.05, 0.1) is 0 Å². The zero-order valence-electron chi connectivity index (χ0n) is 8.74. The Morgan fingerprint density at radius 3 is 2.80 bits per heavy atom. The lowest BCUT2D eigenvalue weighted by Gasteiger charge is -2.29. The lowest BCUT2D eigenvalue weighted by molar-refractivity contribution is 0.684. The second kappa shape index (κ2) is 3.27. The number of rotatable bonds is 1. The van der Waals surface area contributed by atoms with E-state index in [2.05, 4.69) is 24.3 Å². The molecule has 1 heteroatoms. The van der Waals surface area contributed by atoms with Crippen LogP contribution in [0.1, 0.15) is 30.7 Å². The number of hydrogen-bond acceptors (Lipinski definition) is 1. The first kappa shape index (κ1) is 8.78. The van der Waals surface area contributed by atoms with E-state index in [9.17, 15) is 0 Å². The summed E-state index contributed by atoms with van der Waals surface area (Å²) in [6.45, 7) is 0. The van der Waals surface area contributed by atoms with E-state index in [0.717, 1.165) is 5.69 Å². The molecule has 0 spiro atoms. The second-order valence-electron chi connectivity index (χ2n) is 4.47. The van der Waals surface area contributed by atoms with Crippen LogP contribution in [0.4, 0.5) is 5.69 Å². The van der Waals surface area contributed by atoms with Crippen LogP contribution in [0.3, 0.4) is 0 Å². The van der Waals surface area contributed by atoms with Gasteiger partial charge in [-0.15, -0.1) is 0 Å². The van der Waals surface area contributed by atoms with Gasteiger partial charge in [-0.25, -0.2) is 0 Å². The highest BCUT2D eigenvalue weighted by molar-refractivity contribution is 5.46. The van der Waals surface area contributed by atoms with Gasteiger partial charge >= 0.3 is 0 Å². The number of nitrogen functional groups attached to an aromatic ring is 1. The molecule has 15 heavy (non-hydrogen) atoms. The molecule has 0 amide bonds. The molecule has 3 rings (SSSR count). The van der Waals surface area contributed by atoms with E-state index in [-0.39, 0.29) is 0 Å². The summed E-state index contributed by atoms with van der Waals surface area (Å²) in [5.74, 6) is 0.549. The molecule has 76 valence electrons. The van der Waals surface area contributed by atoms with Crippen molar-refractivity contribution < 1.29 is 0 Å². The monoisotopic (exact) mass is 197 g/mol. The first-order valence-electron chi connectivity index (χ1n) is 5.57. The van der Waals surface area contributed by atoms with Crippen molar-refractivity contribution in [2.75, 3.05) is 5.73 Å². The van der Waals surface area contributed by atoms with Crippen molar-refractivity contribution in [1.29, 1.82) is 0 Å². The Bertz CT molecular complexity index is 454. The van der Waals surface area contributed by atoms with Gasteiger partial charge in [-0.3, -0.25) is 0 Å². The van der Waals surface area contributed by atoms with Crippen LogP contribution in [0.2, 0.25) is 0 Å². The average Bonchev–Trinajstić information content (AvgIpc) is 2.20. The van der Waals surface area contributed by atoms with Crippen molar-refractivity contribution in [3.05, 3.63) is 53.1 Å². The predicted octanol–water partition coefficient (Wildman–Crippen LogP) is 3.40. The van der Waals surface area contributed by atoms with Crippen LogP contribution in [0.25, 0.3) is 0 Å². The molecular formula is C14H15N. The van der Waals surface area contributed by atoms with Gasteiger partial charge in [0.25, 0.3) is 0 Å². The fourth-order valence-corrected chi connectivity index (χ4v) is 2.46. The molecule has 1 aromatic carbocycles. The summed E-state index contributed by atoms with van der Waals surface area (Å²) in [6.07, 6.45) is 8.42. The van der Waals surface area contributed by atoms with Gasteiger partial charge in [-0.2, -0.15) is 0 Å². The highest BCUT2D eigenvalue weighted by Crippen LogP contribution is 2.41. The normalized spacial score (nSPS) is 23.6. The van der Waals surface area contributed by atoms with Crippen molar-refractivity contribution in [3.63, 3.8) is 0 Å². The Hall–Kier alpha value is -1.50. The molecule has 2 N–H and O–H groups in total. The third-order valence-electron chi connectivity index (χ3n) is 3.49. The predicted molar refractivity (Wildman–Crippen MR) is 63.6 cm³/mol. The van der Waals surface area contributed by atoms with Gasteiger partial charge in [0.1, 0.15) is 0 Å². The van der Waals surface area contributed by atoms with Crippen LogP contribution in [0, 0.1) is 0 Å². The molecule has 0 aromatic heterocycles. The van der Waals surface area contributed by atoms with Crippen LogP contribution < -0.4 is 5.73 Å². The number of nitrogens with two attached hydrogens (primary N) is 1. The van der Waals surface area contributed by atoms with Crippen molar-refractivity contribution in [3.8, 4) is 0 Å².